The van der Waals surface area contributed by atoms with E-state index in [9.17, 15) is 9.59 Å². The van der Waals surface area contributed by atoms with Gasteiger partial charge in [-0.25, -0.2) is 9.78 Å². The quantitative estimate of drug-likeness (QED) is 0.491. The maximum atomic E-state index is 12.9. The van der Waals surface area contributed by atoms with Crippen LogP contribution in [0.3, 0.4) is 0 Å². The summed E-state index contributed by atoms with van der Waals surface area (Å²) < 4.78 is 11.0. The van der Waals surface area contributed by atoms with Gasteiger partial charge in [-0.2, -0.15) is 11.8 Å². The number of thioether (sulfide) groups is 1. The number of ether oxygens (including phenoxy) is 2. The zero-order valence-corrected chi connectivity index (χ0v) is 15.7. The number of aromatic amines is 1. The molecule has 0 radical (unpaired) electrons. The molecule has 8 heteroatoms. The topological polar surface area (TPSA) is 84.5 Å². The third-order valence-electron chi connectivity index (χ3n) is 4.42. The molecule has 2 aliphatic rings. The summed E-state index contributed by atoms with van der Waals surface area (Å²) in [6, 6.07) is 3.74. The number of nitrogens with zero attached hydrogens (tertiary/aromatic N) is 2. The number of nitrogens with one attached hydrogen (secondary N) is 1. The first-order valence-corrected chi connectivity index (χ1v) is 9.95. The minimum Gasteiger partial charge on any atom is -0.462 e. The normalized spacial score (nSPS) is 19.1. The maximum Gasteiger partial charge on any atom is 0.347 e. The summed E-state index contributed by atoms with van der Waals surface area (Å²) in [5, 5.41) is 0.877. The Morgan fingerprint density at radius 2 is 2.26 bits per heavy atom. The highest BCUT2D eigenvalue weighted by Crippen LogP contribution is 2.32. The molecule has 0 saturated carbocycles. The zero-order valence-electron chi connectivity index (χ0n) is 14.9. The predicted molar refractivity (Wildman–Crippen MR) is 103 cm³/mol. The molecule has 140 valence electrons. The van der Waals surface area contributed by atoms with E-state index in [1.165, 1.54) is 0 Å². The number of hydrogen-bond acceptors (Lipinski definition) is 7. The molecule has 4 rings (SSSR count). The molecule has 4 heterocycles. The molecule has 0 aliphatic carbocycles. The Hall–Kier alpha value is -2.74. The van der Waals surface area contributed by atoms with Crippen LogP contribution in [0.1, 0.15) is 12.5 Å². The first-order chi connectivity index (χ1) is 13.2. The van der Waals surface area contributed by atoms with Crippen LogP contribution >= 0.6 is 11.8 Å². The monoisotopic (exact) mass is 385 g/mol. The number of hydrogen-bond donors (Lipinski definition) is 1. The Kier molecular flexibility index (Phi) is 4.89. The number of rotatable bonds is 4. The smallest absolute Gasteiger partial charge is 0.347 e. The second kappa shape index (κ2) is 7.48. The van der Waals surface area contributed by atoms with Gasteiger partial charge >= 0.3 is 5.97 Å². The molecule has 1 N–H and O–H groups in total. The van der Waals surface area contributed by atoms with Gasteiger partial charge in [0.25, 0.3) is 0 Å². The molecule has 0 unspecified atom stereocenters. The Morgan fingerprint density at radius 3 is 3.04 bits per heavy atom. The Labute approximate surface area is 160 Å². The van der Waals surface area contributed by atoms with Crippen molar-refractivity contribution in [2.45, 2.75) is 6.92 Å². The van der Waals surface area contributed by atoms with Gasteiger partial charge in [-0.15, -0.1) is 0 Å². The second-order valence-electron chi connectivity index (χ2n) is 6.08. The first kappa shape index (κ1) is 17.7. The number of Topliss-reactive ketones (excluding diaryl/α,β-unsaturated/α-hetero) is 1. The van der Waals surface area contributed by atoms with Gasteiger partial charge in [0.15, 0.2) is 11.3 Å². The van der Waals surface area contributed by atoms with Crippen molar-refractivity contribution in [3.63, 3.8) is 0 Å². The van der Waals surface area contributed by atoms with Gasteiger partial charge in [0.2, 0.25) is 11.7 Å². The van der Waals surface area contributed by atoms with Crippen LogP contribution in [0.4, 0.5) is 0 Å². The van der Waals surface area contributed by atoms with Crippen molar-refractivity contribution >= 4 is 40.6 Å². The van der Waals surface area contributed by atoms with Crippen LogP contribution in [0.5, 0.6) is 0 Å². The van der Waals surface area contributed by atoms with E-state index in [0.29, 0.717) is 5.88 Å². The Bertz CT molecular complexity index is 957. The summed E-state index contributed by atoms with van der Waals surface area (Å²) in [5.74, 6) is 1.19. The number of pyridine rings is 1. The number of ketones is 1. The van der Waals surface area contributed by atoms with E-state index in [1.807, 2.05) is 28.8 Å². The van der Waals surface area contributed by atoms with Crippen molar-refractivity contribution in [1.82, 2.24) is 14.9 Å². The zero-order chi connectivity index (χ0) is 18.8. The van der Waals surface area contributed by atoms with Crippen LogP contribution in [-0.4, -0.2) is 57.8 Å². The number of esters is 1. The van der Waals surface area contributed by atoms with E-state index in [2.05, 4.69) is 9.97 Å². The molecule has 0 amide bonds. The lowest BCUT2D eigenvalue weighted by molar-refractivity contribution is -0.139. The SMILES string of the molecule is CCOC(=O)C1=C(N2CCSCC2)O/C(=C\c2c[nH]c3ncccc23)C1=O. The fraction of sp³-hybridized carbons (Fsp3) is 0.316. The molecular formula is C19H19N3O4S. The Morgan fingerprint density at radius 1 is 1.44 bits per heavy atom. The van der Waals surface area contributed by atoms with Gasteiger partial charge in [-0.3, -0.25) is 4.79 Å². The van der Waals surface area contributed by atoms with Crippen molar-refractivity contribution in [3.8, 4) is 0 Å². The van der Waals surface area contributed by atoms with Crippen LogP contribution < -0.4 is 0 Å². The van der Waals surface area contributed by atoms with Crippen LogP contribution in [0.2, 0.25) is 0 Å². The van der Waals surface area contributed by atoms with Crippen molar-refractivity contribution < 1.29 is 19.1 Å². The van der Waals surface area contributed by atoms with Crippen molar-refractivity contribution in [3.05, 3.63) is 47.3 Å². The number of fused-ring (bicyclic) bond motifs is 1. The molecular weight excluding hydrogens is 366 g/mol. The minimum absolute atomic E-state index is 0.0204. The van der Waals surface area contributed by atoms with E-state index in [-0.39, 0.29) is 17.9 Å². The van der Waals surface area contributed by atoms with E-state index in [1.54, 1.807) is 25.4 Å². The van der Waals surface area contributed by atoms with Gasteiger partial charge in [0.05, 0.1) is 6.61 Å². The summed E-state index contributed by atoms with van der Waals surface area (Å²) in [6.07, 6.45) is 5.11. The molecule has 0 aromatic carbocycles. The minimum atomic E-state index is -0.639. The predicted octanol–water partition coefficient (Wildman–Crippen LogP) is 2.33. The van der Waals surface area contributed by atoms with Crippen LogP contribution in [0, 0.1) is 0 Å². The van der Waals surface area contributed by atoms with Gasteiger partial charge in [-0.1, -0.05) is 0 Å². The van der Waals surface area contributed by atoms with Crippen LogP contribution in [-0.2, 0) is 19.1 Å². The van der Waals surface area contributed by atoms with Crippen LogP contribution in [0.15, 0.2) is 41.7 Å². The molecule has 1 fully saturated rings. The number of aromatic nitrogens is 2. The third kappa shape index (κ3) is 3.32. The van der Waals surface area contributed by atoms with Crippen molar-refractivity contribution in [2.75, 3.05) is 31.2 Å². The van der Waals surface area contributed by atoms with Gasteiger partial charge < -0.3 is 19.4 Å². The van der Waals surface area contributed by atoms with Gasteiger partial charge in [-0.05, 0) is 25.1 Å². The standard InChI is InChI=1S/C19H19N3O4S/c1-2-25-19(24)15-16(23)14(26-18(15)22-6-8-27-9-7-22)10-12-11-21-17-13(12)4-3-5-20-17/h3-5,10-11H,2,6-9H2,1H3,(H,20,21)/b14-10-. The highest BCUT2D eigenvalue weighted by molar-refractivity contribution is 7.99. The molecule has 2 aliphatic heterocycles. The Balaban J connectivity index is 1.70. The molecule has 2 aromatic heterocycles. The molecule has 7 nitrogen and oxygen atoms in total. The fourth-order valence-corrected chi connectivity index (χ4v) is 4.03. The molecule has 27 heavy (non-hydrogen) atoms. The van der Waals surface area contributed by atoms with E-state index in [0.717, 1.165) is 41.2 Å². The van der Waals surface area contributed by atoms with Crippen molar-refractivity contribution in [2.24, 2.45) is 0 Å². The molecule has 1 saturated heterocycles. The average Bonchev–Trinajstić information content (AvgIpc) is 3.25. The summed E-state index contributed by atoms with van der Waals surface area (Å²) in [6.45, 7) is 3.36. The number of carbonyl (C=O) groups is 2. The van der Waals surface area contributed by atoms with E-state index in [4.69, 9.17) is 9.47 Å². The molecule has 0 bridgehead atoms. The van der Waals surface area contributed by atoms with Gasteiger partial charge in [0.1, 0.15) is 5.65 Å². The highest BCUT2D eigenvalue weighted by atomic mass is 32.2. The molecule has 0 spiro atoms. The highest BCUT2D eigenvalue weighted by Gasteiger charge is 2.39. The third-order valence-corrected chi connectivity index (χ3v) is 5.36. The van der Waals surface area contributed by atoms with Crippen LogP contribution in [0.25, 0.3) is 17.1 Å². The lowest BCUT2D eigenvalue weighted by atomic mass is 10.1. The van der Waals surface area contributed by atoms with E-state index >= 15 is 0 Å². The summed E-state index contributed by atoms with van der Waals surface area (Å²) in [5.41, 5.74) is 1.48. The lowest BCUT2D eigenvalue weighted by Gasteiger charge is -2.28. The van der Waals surface area contributed by atoms with Gasteiger partial charge in [0, 0.05) is 47.9 Å². The lowest BCUT2D eigenvalue weighted by Crippen LogP contribution is -2.33. The summed E-state index contributed by atoms with van der Waals surface area (Å²) >= 11 is 1.84. The summed E-state index contributed by atoms with van der Waals surface area (Å²) in [7, 11) is 0. The summed E-state index contributed by atoms with van der Waals surface area (Å²) in [4.78, 5) is 34.6. The second-order valence-corrected chi connectivity index (χ2v) is 7.31. The molecule has 2 aromatic rings. The molecule has 0 atom stereocenters. The van der Waals surface area contributed by atoms with Crippen molar-refractivity contribution in [1.29, 1.82) is 0 Å². The fourth-order valence-electron chi connectivity index (χ4n) is 3.13. The number of allylic oxidation sites excluding steroid dienone is 1. The maximum absolute atomic E-state index is 12.9. The first-order valence-electron chi connectivity index (χ1n) is 8.79. The number of carbonyl (C=O) groups excluding carboxylic acids is 2. The van der Waals surface area contributed by atoms with E-state index < -0.39 is 11.8 Å². The number of H-pyrrole nitrogens is 1. The average molecular weight is 385 g/mol. The largest absolute Gasteiger partial charge is 0.462 e.